The Labute approximate surface area is 133 Å². The van der Waals surface area contributed by atoms with Crippen LogP contribution in [0, 0.1) is 11.8 Å². The minimum absolute atomic E-state index is 0.0154. The molecule has 0 radical (unpaired) electrons. The minimum atomic E-state index is -3.10. The lowest BCUT2D eigenvalue weighted by Gasteiger charge is -2.34. The third-order valence-electron chi connectivity index (χ3n) is 5.23. The van der Waals surface area contributed by atoms with Gasteiger partial charge in [-0.25, -0.2) is 17.5 Å². The molecular weight excluding hydrogens is 302 g/mol. The molecule has 1 saturated heterocycles. The van der Waals surface area contributed by atoms with Crippen LogP contribution in [0.3, 0.4) is 0 Å². The van der Waals surface area contributed by atoms with E-state index in [2.05, 4.69) is 5.32 Å². The summed E-state index contributed by atoms with van der Waals surface area (Å²) in [4.78, 5) is 14.4. The zero-order valence-corrected chi connectivity index (χ0v) is 14.3. The maximum atomic E-state index is 12.5. The molecule has 22 heavy (non-hydrogen) atoms. The van der Waals surface area contributed by atoms with Gasteiger partial charge in [0.15, 0.2) is 0 Å². The van der Waals surface area contributed by atoms with Crippen LogP contribution in [0.1, 0.15) is 38.5 Å². The Morgan fingerprint density at radius 1 is 1.09 bits per heavy atom. The molecule has 1 aliphatic heterocycles. The number of sulfonamides is 1. The number of carbonyl (C=O) groups excluding carboxylic acids is 1. The number of carbonyl (C=O) groups is 1. The average Bonchev–Trinajstić information content (AvgIpc) is 3.33. The van der Waals surface area contributed by atoms with Crippen molar-refractivity contribution in [3.8, 4) is 0 Å². The van der Waals surface area contributed by atoms with Gasteiger partial charge in [-0.3, -0.25) is 0 Å². The van der Waals surface area contributed by atoms with Gasteiger partial charge in [-0.15, -0.1) is 0 Å². The lowest BCUT2D eigenvalue weighted by molar-refractivity contribution is 0.165. The van der Waals surface area contributed by atoms with E-state index in [0.29, 0.717) is 43.8 Å². The summed E-state index contributed by atoms with van der Waals surface area (Å²) in [6.07, 6.45) is 7.66. The Bertz CT molecular complexity index is 508. The highest BCUT2D eigenvalue weighted by molar-refractivity contribution is 7.88. The molecule has 1 heterocycles. The molecule has 0 atom stereocenters. The Hall–Kier alpha value is -0.820. The number of nitrogens with zero attached hydrogens (tertiary/aromatic N) is 2. The van der Waals surface area contributed by atoms with Gasteiger partial charge in [0.25, 0.3) is 0 Å². The second kappa shape index (κ2) is 6.00. The van der Waals surface area contributed by atoms with Crippen molar-refractivity contribution in [2.24, 2.45) is 11.8 Å². The van der Waals surface area contributed by atoms with E-state index < -0.39 is 10.0 Å². The van der Waals surface area contributed by atoms with E-state index in [1.807, 2.05) is 11.9 Å². The van der Waals surface area contributed by atoms with Crippen molar-refractivity contribution in [3.63, 3.8) is 0 Å². The normalized spacial score (nSPS) is 24.5. The quantitative estimate of drug-likeness (QED) is 0.825. The van der Waals surface area contributed by atoms with Gasteiger partial charge in [0, 0.05) is 32.2 Å². The fourth-order valence-corrected chi connectivity index (χ4v) is 4.51. The number of amides is 2. The number of nitrogens with one attached hydrogen (secondary N) is 1. The van der Waals surface area contributed by atoms with Crippen LogP contribution in [0.5, 0.6) is 0 Å². The molecule has 0 bridgehead atoms. The number of piperidine rings is 1. The first kappa shape index (κ1) is 16.1. The fraction of sp³-hybridized carbons (Fsp3) is 0.933. The maximum absolute atomic E-state index is 12.5. The molecule has 0 aromatic heterocycles. The molecular formula is C15H27N3O3S. The molecule has 126 valence electrons. The minimum Gasteiger partial charge on any atom is -0.335 e. The predicted molar refractivity (Wildman–Crippen MR) is 85.0 cm³/mol. The van der Waals surface area contributed by atoms with Crippen LogP contribution in [0.2, 0.25) is 0 Å². The van der Waals surface area contributed by atoms with Crippen molar-refractivity contribution in [1.29, 1.82) is 0 Å². The first-order chi connectivity index (χ1) is 10.4. The van der Waals surface area contributed by atoms with Gasteiger partial charge >= 0.3 is 6.03 Å². The van der Waals surface area contributed by atoms with Crippen LogP contribution in [-0.2, 0) is 10.0 Å². The van der Waals surface area contributed by atoms with Crippen LogP contribution in [0.15, 0.2) is 0 Å². The van der Waals surface area contributed by atoms with Crippen molar-refractivity contribution in [2.45, 2.75) is 50.6 Å². The topological polar surface area (TPSA) is 69.7 Å². The summed E-state index contributed by atoms with van der Waals surface area (Å²) in [5.74, 6) is 1.41. The Morgan fingerprint density at radius 3 is 2.00 bits per heavy atom. The van der Waals surface area contributed by atoms with Crippen molar-refractivity contribution in [3.05, 3.63) is 0 Å². The summed E-state index contributed by atoms with van der Waals surface area (Å²) in [5.41, 5.74) is 0. The monoisotopic (exact) mass is 329 g/mol. The van der Waals surface area contributed by atoms with Gasteiger partial charge in [-0.1, -0.05) is 0 Å². The van der Waals surface area contributed by atoms with Crippen LogP contribution in [0.25, 0.3) is 0 Å². The van der Waals surface area contributed by atoms with E-state index in [9.17, 15) is 13.2 Å². The Morgan fingerprint density at radius 2 is 1.59 bits per heavy atom. The highest BCUT2D eigenvalue weighted by atomic mass is 32.2. The number of urea groups is 1. The molecule has 2 saturated carbocycles. The van der Waals surface area contributed by atoms with Crippen LogP contribution in [-0.4, -0.2) is 62.1 Å². The first-order valence-electron chi connectivity index (χ1n) is 8.34. The van der Waals surface area contributed by atoms with Crippen molar-refractivity contribution < 1.29 is 13.2 Å². The molecule has 2 aliphatic carbocycles. The summed E-state index contributed by atoms with van der Waals surface area (Å²) in [6, 6.07) is 0.518. The van der Waals surface area contributed by atoms with Crippen LogP contribution in [0.4, 0.5) is 4.79 Å². The summed E-state index contributed by atoms with van der Waals surface area (Å²) in [7, 11) is -1.18. The first-order valence-corrected chi connectivity index (χ1v) is 10.2. The Balaban J connectivity index is 1.49. The Kier molecular flexibility index (Phi) is 4.38. The van der Waals surface area contributed by atoms with E-state index in [1.165, 1.54) is 36.2 Å². The average molecular weight is 329 g/mol. The molecule has 0 aromatic rings. The largest absolute Gasteiger partial charge is 0.335 e. The SMILES string of the molecule is CN(C(=O)NC1CCN(S(C)(=O)=O)CC1)C(C1CC1)C1CC1. The smallest absolute Gasteiger partial charge is 0.317 e. The van der Waals surface area contributed by atoms with E-state index in [4.69, 9.17) is 0 Å². The third kappa shape index (κ3) is 3.74. The van der Waals surface area contributed by atoms with Gasteiger partial charge in [0.1, 0.15) is 0 Å². The van der Waals surface area contributed by atoms with Crippen molar-refractivity contribution in [1.82, 2.24) is 14.5 Å². The number of hydrogen-bond acceptors (Lipinski definition) is 3. The van der Waals surface area contributed by atoms with Crippen molar-refractivity contribution in [2.75, 3.05) is 26.4 Å². The molecule has 7 heteroatoms. The van der Waals surface area contributed by atoms with Crippen molar-refractivity contribution >= 4 is 16.1 Å². The van der Waals surface area contributed by atoms with Gasteiger partial charge in [-0.2, -0.15) is 0 Å². The van der Waals surface area contributed by atoms with E-state index in [1.54, 1.807) is 0 Å². The summed E-state index contributed by atoms with van der Waals surface area (Å²) in [6.45, 7) is 1.00. The fourth-order valence-electron chi connectivity index (χ4n) is 3.64. The summed E-state index contributed by atoms with van der Waals surface area (Å²) in [5, 5.41) is 3.10. The zero-order chi connectivity index (χ0) is 15.9. The number of rotatable bonds is 5. The molecule has 3 fully saturated rings. The highest BCUT2D eigenvalue weighted by Crippen LogP contribution is 2.46. The molecule has 1 N–H and O–H groups in total. The zero-order valence-electron chi connectivity index (χ0n) is 13.5. The maximum Gasteiger partial charge on any atom is 0.317 e. The van der Waals surface area contributed by atoms with E-state index in [-0.39, 0.29) is 12.1 Å². The highest BCUT2D eigenvalue weighted by Gasteiger charge is 2.45. The molecule has 3 rings (SSSR count). The lowest BCUT2D eigenvalue weighted by Crippen LogP contribution is -2.52. The molecule has 0 unspecified atom stereocenters. The molecule has 3 aliphatic rings. The summed E-state index contributed by atoms with van der Waals surface area (Å²) >= 11 is 0. The van der Waals surface area contributed by atoms with Gasteiger partial charge < -0.3 is 10.2 Å². The van der Waals surface area contributed by atoms with Gasteiger partial charge in [0.2, 0.25) is 10.0 Å². The lowest BCUT2D eigenvalue weighted by atomic mass is 10.1. The predicted octanol–water partition coefficient (Wildman–Crippen LogP) is 1.24. The van der Waals surface area contributed by atoms with E-state index in [0.717, 1.165) is 0 Å². The van der Waals surface area contributed by atoms with Crippen LogP contribution < -0.4 is 5.32 Å². The number of hydrogen-bond donors (Lipinski definition) is 1. The van der Waals surface area contributed by atoms with E-state index >= 15 is 0 Å². The molecule has 6 nitrogen and oxygen atoms in total. The molecule has 0 aromatic carbocycles. The second-order valence-electron chi connectivity index (χ2n) is 7.16. The molecule has 2 amide bonds. The van der Waals surface area contributed by atoms with Crippen LogP contribution >= 0.6 is 0 Å². The van der Waals surface area contributed by atoms with Gasteiger partial charge in [-0.05, 0) is 50.4 Å². The standard InChI is InChI=1S/C15H27N3O3S/c1-17(14(11-3-4-11)12-5-6-12)15(19)16-13-7-9-18(10-8-13)22(2,20)21/h11-14H,3-10H2,1-2H3,(H,16,19). The summed E-state index contributed by atoms with van der Waals surface area (Å²) < 4.78 is 24.5. The second-order valence-corrected chi connectivity index (χ2v) is 9.14. The van der Waals surface area contributed by atoms with Gasteiger partial charge in [0.05, 0.1) is 6.26 Å². The third-order valence-corrected chi connectivity index (χ3v) is 6.53. The molecule has 0 spiro atoms.